The van der Waals surface area contributed by atoms with Crippen molar-refractivity contribution in [3.63, 3.8) is 0 Å². The zero-order chi connectivity index (χ0) is 16.9. The summed E-state index contributed by atoms with van der Waals surface area (Å²) < 4.78 is 9.85. The van der Waals surface area contributed by atoms with Crippen LogP contribution in [0.25, 0.3) is 0 Å². The van der Waals surface area contributed by atoms with Gasteiger partial charge in [-0.15, -0.1) is 0 Å². The van der Waals surface area contributed by atoms with Gasteiger partial charge >= 0.3 is 18.0 Å². The first-order chi connectivity index (χ1) is 10.1. The van der Waals surface area contributed by atoms with Gasteiger partial charge in [0.15, 0.2) is 0 Å². The second-order valence-corrected chi connectivity index (χ2v) is 5.84. The number of carbonyl (C=O) groups excluding carboxylic acids is 4. The lowest BCUT2D eigenvalue weighted by Gasteiger charge is -2.20. The Kier molecular flexibility index (Phi) is 5.90. The molecule has 0 radical (unpaired) electrons. The van der Waals surface area contributed by atoms with E-state index in [1.54, 1.807) is 27.7 Å². The molecule has 1 aliphatic heterocycles. The lowest BCUT2D eigenvalue weighted by molar-refractivity contribution is -0.156. The molecule has 0 aliphatic carbocycles. The summed E-state index contributed by atoms with van der Waals surface area (Å²) in [6.45, 7) is 6.97. The zero-order valence-electron chi connectivity index (χ0n) is 13.3. The number of rotatable bonds is 6. The Labute approximate surface area is 129 Å². The summed E-state index contributed by atoms with van der Waals surface area (Å²) in [7, 11) is 0. The molecule has 1 rings (SSSR count). The van der Waals surface area contributed by atoms with Crippen molar-refractivity contribution in [1.29, 1.82) is 0 Å². The molecule has 1 atom stereocenters. The predicted molar refractivity (Wildman–Crippen MR) is 75.7 cm³/mol. The number of hydrogen-bond donors (Lipinski definition) is 1. The number of urea groups is 1. The van der Waals surface area contributed by atoms with Crippen LogP contribution in [-0.4, -0.2) is 53.6 Å². The van der Waals surface area contributed by atoms with Crippen LogP contribution in [-0.2, 0) is 23.9 Å². The topological polar surface area (TPSA) is 102 Å². The van der Waals surface area contributed by atoms with Gasteiger partial charge in [0.25, 0.3) is 5.91 Å². The van der Waals surface area contributed by atoms with Gasteiger partial charge in [0.05, 0.1) is 19.4 Å². The highest BCUT2D eigenvalue weighted by Gasteiger charge is 2.39. The van der Waals surface area contributed by atoms with Gasteiger partial charge in [-0.1, -0.05) is 0 Å². The van der Waals surface area contributed by atoms with Crippen molar-refractivity contribution in [2.45, 2.75) is 52.2 Å². The molecule has 8 heteroatoms. The largest absolute Gasteiger partial charge is 0.466 e. The van der Waals surface area contributed by atoms with E-state index >= 15 is 0 Å². The third kappa shape index (κ3) is 5.34. The van der Waals surface area contributed by atoms with Crippen LogP contribution in [0, 0.1) is 0 Å². The third-order valence-electron chi connectivity index (χ3n) is 2.74. The maximum atomic E-state index is 12.1. The van der Waals surface area contributed by atoms with E-state index in [0.717, 1.165) is 4.90 Å². The van der Waals surface area contributed by atoms with Crippen LogP contribution in [0.2, 0.25) is 0 Å². The highest BCUT2D eigenvalue weighted by Crippen LogP contribution is 2.14. The highest BCUT2D eigenvalue weighted by molar-refractivity contribution is 6.05. The fourth-order valence-corrected chi connectivity index (χ4v) is 1.91. The van der Waals surface area contributed by atoms with E-state index in [-0.39, 0.29) is 26.0 Å². The van der Waals surface area contributed by atoms with Crippen LogP contribution >= 0.6 is 0 Å². The van der Waals surface area contributed by atoms with E-state index in [4.69, 9.17) is 9.47 Å². The van der Waals surface area contributed by atoms with Crippen molar-refractivity contribution in [3.05, 3.63) is 0 Å². The molecule has 8 nitrogen and oxygen atoms in total. The molecule has 1 fully saturated rings. The van der Waals surface area contributed by atoms with Crippen LogP contribution < -0.4 is 5.32 Å². The first-order valence-electron chi connectivity index (χ1n) is 7.13. The van der Waals surface area contributed by atoms with Gasteiger partial charge in [-0.05, 0) is 27.7 Å². The quantitative estimate of drug-likeness (QED) is 0.569. The van der Waals surface area contributed by atoms with Crippen molar-refractivity contribution in [2.24, 2.45) is 0 Å². The smallest absolute Gasteiger partial charge is 0.324 e. The standard InChI is InChI=1S/C14H22N2O6/c1-5-21-10(17)6-7-16-12(19)9(15-13(16)20)8-11(18)22-14(2,3)4/h9H,5-8H2,1-4H3,(H,15,20)/t9-/m0/s1. The minimum Gasteiger partial charge on any atom is -0.466 e. The van der Waals surface area contributed by atoms with E-state index in [1.807, 2.05) is 0 Å². The van der Waals surface area contributed by atoms with E-state index in [0.29, 0.717) is 0 Å². The van der Waals surface area contributed by atoms with E-state index < -0.39 is 35.5 Å². The maximum absolute atomic E-state index is 12.1. The van der Waals surface area contributed by atoms with E-state index in [2.05, 4.69) is 5.32 Å². The number of hydrogen-bond acceptors (Lipinski definition) is 6. The third-order valence-corrected chi connectivity index (χ3v) is 2.74. The molecule has 0 unspecified atom stereocenters. The Morgan fingerprint density at radius 3 is 2.41 bits per heavy atom. The number of nitrogens with one attached hydrogen (secondary N) is 1. The molecular formula is C14H22N2O6. The minimum atomic E-state index is -0.954. The summed E-state index contributed by atoms with van der Waals surface area (Å²) in [5, 5.41) is 2.41. The average molecular weight is 314 g/mol. The predicted octanol–water partition coefficient (Wildman–Crippen LogP) is 0.592. The Balaban J connectivity index is 2.53. The van der Waals surface area contributed by atoms with Crippen molar-refractivity contribution in [2.75, 3.05) is 13.2 Å². The first-order valence-corrected chi connectivity index (χ1v) is 7.13. The van der Waals surface area contributed by atoms with Crippen molar-refractivity contribution in [1.82, 2.24) is 10.2 Å². The Bertz CT molecular complexity index is 468. The normalized spacial score (nSPS) is 18.2. The Morgan fingerprint density at radius 2 is 1.86 bits per heavy atom. The van der Waals surface area contributed by atoms with Crippen molar-refractivity contribution in [3.8, 4) is 0 Å². The molecule has 1 heterocycles. The molecule has 124 valence electrons. The molecule has 1 N–H and O–H groups in total. The molecule has 0 aromatic rings. The fraction of sp³-hybridized carbons (Fsp3) is 0.714. The molecular weight excluding hydrogens is 292 g/mol. The molecule has 3 amide bonds. The van der Waals surface area contributed by atoms with Crippen molar-refractivity contribution < 1.29 is 28.7 Å². The number of esters is 2. The Morgan fingerprint density at radius 1 is 1.23 bits per heavy atom. The van der Waals surface area contributed by atoms with Gasteiger partial charge in [0.1, 0.15) is 11.6 Å². The molecule has 22 heavy (non-hydrogen) atoms. The molecule has 0 aromatic heterocycles. The van der Waals surface area contributed by atoms with Crippen LogP contribution in [0.1, 0.15) is 40.5 Å². The van der Waals surface area contributed by atoms with Gasteiger partial charge in [-0.2, -0.15) is 0 Å². The number of imide groups is 1. The van der Waals surface area contributed by atoms with E-state index in [1.165, 1.54) is 0 Å². The second kappa shape index (κ2) is 7.24. The summed E-state index contributed by atoms with van der Waals surface area (Å²) in [6.07, 6.45) is -0.316. The first kappa shape index (κ1) is 17.9. The average Bonchev–Trinajstić information content (AvgIpc) is 2.60. The summed E-state index contributed by atoms with van der Waals surface area (Å²) in [5.74, 6) is -1.60. The second-order valence-electron chi connectivity index (χ2n) is 5.84. The van der Waals surface area contributed by atoms with Crippen molar-refractivity contribution >= 4 is 23.9 Å². The summed E-state index contributed by atoms with van der Waals surface area (Å²) >= 11 is 0. The van der Waals surface area contributed by atoms with Gasteiger partial charge in [0.2, 0.25) is 0 Å². The van der Waals surface area contributed by atoms with Crippen LogP contribution in [0.15, 0.2) is 0 Å². The highest BCUT2D eigenvalue weighted by atomic mass is 16.6. The number of amides is 3. The van der Waals surface area contributed by atoms with E-state index in [9.17, 15) is 19.2 Å². The summed E-state index contributed by atoms with van der Waals surface area (Å²) in [6, 6.07) is -1.58. The lowest BCUT2D eigenvalue weighted by atomic mass is 10.1. The number of ether oxygens (including phenoxy) is 2. The van der Waals surface area contributed by atoms with Crippen LogP contribution in [0.4, 0.5) is 4.79 Å². The molecule has 1 aliphatic rings. The van der Waals surface area contributed by atoms with Gasteiger partial charge in [-0.3, -0.25) is 19.3 Å². The fourth-order valence-electron chi connectivity index (χ4n) is 1.91. The minimum absolute atomic E-state index is 0.0751. The molecule has 0 bridgehead atoms. The number of nitrogens with zero attached hydrogens (tertiary/aromatic N) is 1. The number of carbonyl (C=O) groups is 4. The zero-order valence-corrected chi connectivity index (χ0v) is 13.3. The molecule has 0 saturated carbocycles. The monoisotopic (exact) mass is 314 g/mol. The lowest BCUT2D eigenvalue weighted by Crippen LogP contribution is -2.35. The van der Waals surface area contributed by atoms with Gasteiger partial charge in [0, 0.05) is 6.54 Å². The van der Waals surface area contributed by atoms with Crippen LogP contribution in [0.3, 0.4) is 0 Å². The molecule has 0 spiro atoms. The van der Waals surface area contributed by atoms with Crippen LogP contribution in [0.5, 0.6) is 0 Å². The van der Waals surface area contributed by atoms with Gasteiger partial charge < -0.3 is 14.8 Å². The molecule has 1 saturated heterocycles. The van der Waals surface area contributed by atoms with Gasteiger partial charge in [-0.25, -0.2) is 4.79 Å². The molecule has 0 aromatic carbocycles. The SMILES string of the molecule is CCOC(=O)CCN1C(=O)N[C@@H](CC(=O)OC(C)(C)C)C1=O. The summed E-state index contributed by atoms with van der Waals surface area (Å²) in [5.41, 5.74) is -0.660. The maximum Gasteiger partial charge on any atom is 0.324 e. The Hall–Kier alpha value is -2.12. The summed E-state index contributed by atoms with van der Waals surface area (Å²) in [4.78, 5) is 47.7.